The SMILES string of the molecule is Cc1cc(C(Nc2ccc(F)cc2)C(=O)O)ccc1F. The highest BCUT2D eigenvalue weighted by atomic mass is 19.1. The molecule has 0 spiro atoms. The number of carbonyl (C=O) groups is 1. The molecule has 0 saturated heterocycles. The molecule has 0 heterocycles. The molecule has 1 atom stereocenters. The summed E-state index contributed by atoms with van der Waals surface area (Å²) in [7, 11) is 0. The number of rotatable bonds is 4. The normalized spacial score (nSPS) is 11.9. The van der Waals surface area contributed by atoms with E-state index >= 15 is 0 Å². The lowest BCUT2D eigenvalue weighted by Gasteiger charge is -2.17. The Morgan fingerprint density at radius 2 is 1.80 bits per heavy atom. The average molecular weight is 277 g/mol. The van der Waals surface area contributed by atoms with Crippen molar-refractivity contribution in [1.29, 1.82) is 0 Å². The first-order chi connectivity index (χ1) is 9.47. The average Bonchev–Trinajstić information content (AvgIpc) is 2.41. The van der Waals surface area contributed by atoms with Crippen molar-refractivity contribution in [3.8, 4) is 0 Å². The molecule has 5 heteroatoms. The maximum Gasteiger partial charge on any atom is 0.330 e. The number of hydrogen-bond acceptors (Lipinski definition) is 2. The molecule has 0 aromatic heterocycles. The Morgan fingerprint density at radius 1 is 1.15 bits per heavy atom. The Labute approximate surface area is 114 Å². The van der Waals surface area contributed by atoms with Crippen LogP contribution in [-0.4, -0.2) is 11.1 Å². The van der Waals surface area contributed by atoms with Crippen LogP contribution in [-0.2, 0) is 4.79 Å². The first-order valence-corrected chi connectivity index (χ1v) is 5.98. The fourth-order valence-electron chi connectivity index (χ4n) is 1.85. The number of anilines is 1. The molecule has 2 rings (SSSR count). The molecule has 0 aliphatic rings. The van der Waals surface area contributed by atoms with Gasteiger partial charge in [0, 0.05) is 5.69 Å². The number of nitrogens with one attached hydrogen (secondary N) is 1. The zero-order valence-corrected chi connectivity index (χ0v) is 10.7. The van der Waals surface area contributed by atoms with Crippen LogP contribution < -0.4 is 5.32 Å². The fraction of sp³-hybridized carbons (Fsp3) is 0.133. The van der Waals surface area contributed by atoms with E-state index in [9.17, 15) is 18.7 Å². The molecule has 0 saturated carbocycles. The molecule has 2 aromatic carbocycles. The third-order valence-corrected chi connectivity index (χ3v) is 2.92. The summed E-state index contributed by atoms with van der Waals surface area (Å²) in [6.07, 6.45) is 0. The lowest BCUT2D eigenvalue weighted by molar-refractivity contribution is -0.138. The summed E-state index contributed by atoms with van der Waals surface area (Å²) < 4.78 is 26.0. The van der Waals surface area contributed by atoms with Gasteiger partial charge in [-0.25, -0.2) is 13.6 Å². The van der Waals surface area contributed by atoms with Crippen LogP contribution in [0.5, 0.6) is 0 Å². The van der Waals surface area contributed by atoms with Crippen LogP contribution in [0.1, 0.15) is 17.2 Å². The molecular formula is C15H13F2NO2. The van der Waals surface area contributed by atoms with E-state index in [1.807, 2.05) is 0 Å². The van der Waals surface area contributed by atoms with E-state index in [-0.39, 0.29) is 5.82 Å². The second kappa shape index (κ2) is 5.69. The van der Waals surface area contributed by atoms with E-state index in [0.29, 0.717) is 16.8 Å². The molecule has 0 fully saturated rings. The Hall–Kier alpha value is -2.43. The first kappa shape index (κ1) is 14.0. The van der Waals surface area contributed by atoms with Gasteiger partial charge in [0.2, 0.25) is 0 Å². The largest absolute Gasteiger partial charge is 0.479 e. The van der Waals surface area contributed by atoms with Crippen LogP contribution in [0.4, 0.5) is 14.5 Å². The number of carboxylic acids is 1. The van der Waals surface area contributed by atoms with Crippen molar-refractivity contribution < 1.29 is 18.7 Å². The molecule has 20 heavy (non-hydrogen) atoms. The Morgan fingerprint density at radius 3 is 2.35 bits per heavy atom. The summed E-state index contributed by atoms with van der Waals surface area (Å²) in [5, 5.41) is 12.1. The highest BCUT2D eigenvalue weighted by Crippen LogP contribution is 2.22. The Kier molecular flexibility index (Phi) is 3.98. The summed E-state index contributed by atoms with van der Waals surface area (Å²) >= 11 is 0. The molecule has 104 valence electrons. The third kappa shape index (κ3) is 3.12. The summed E-state index contributed by atoms with van der Waals surface area (Å²) in [5.41, 5.74) is 1.27. The third-order valence-electron chi connectivity index (χ3n) is 2.92. The van der Waals surface area contributed by atoms with Crippen molar-refractivity contribution in [3.63, 3.8) is 0 Å². The monoisotopic (exact) mass is 277 g/mol. The zero-order valence-electron chi connectivity index (χ0n) is 10.7. The van der Waals surface area contributed by atoms with Crippen molar-refractivity contribution in [3.05, 3.63) is 65.2 Å². The van der Waals surface area contributed by atoms with Crippen LogP contribution in [0, 0.1) is 18.6 Å². The van der Waals surface area contributed by atoms with E-state index in [1.165, 1.54) is 42.5 Å². The fourth-order valence-corrected chi connectivity index (χ4v) is 1.85. The van der Waals surface area contributed by atoms with Crippen LogP contribution >= 0.6 is 0 Å². The van der Waals surface area contributed by atoms with E-state index in [2.05, 4.69) is 5.32 Å². The predicted octanol–water partition coefficient (Wildman–Crippen LogP) is 3.51. The smallest absolute Gasteiger partial charge is 0.330 e. The van der Waals surface area contributed by atoms with Crippen LogP contribution in [0.15, 0.2) is 42.5 Å². The van der Waals surface area contributed by atoms with Gasteiger partial charge >= 0.3 is 5.97 Å². The number of benzene rings is 2. The molecule has 1 unspecified atom stereocenters. The van der Waals surface area contributed by atoms with Gasteiger partial charge in [-0.1, -0.05) is 12.1 Å². The van der Waals surface area contributed by atoms with Crippen LogP contribution in [0.25, 0.3) is 0 Å². The molecule has 3 nitrogen and oxygen atoms in total. The van der Waals surface area contributed by atoms with Gasteiger partial charge in [0.05, 0.1) is 0 Å². The molecule has 0 bridgehead atoms. The van der Waals surface area contributed by atoms with Gasteiger partial charge in [-0.15, -0.1) is 0 Å². The minimum Gasteiger partial charge on any atom is -0.479 e. The quantitative estimate of drug-likeness (QED) is 0.899. The van der Waals surface area contributed by atoms with Gasteiger partial charge < -0.3 is 10.4 Å². The van der Waals surface area contributed by atoms with E-state index in [0.717, 1.165) is 0 Å². The molecule has 0 aliphatic heterocycles. The first-order valence-electron chi connectivity index (χ1n) is 5.98. The van der Waals surface area contributed by atoms with Crippen molar-refractivity contribution >= 4 is 11.7 Å². The molecule has 2 aromatic rings. The lowest BCUT2D eigenvalue weighted by atomic mass is 10.0. The number of halogens is 2. The van der Waals surface area contributed by atoms with Crippen molar-refractivity contribution in [2.45, 2.75) is 13.0 Å². The molecule has 2 N–H and O–H groups in total. The maximum absolute atomic E-state index is 13.2. The Balaban J connectivity index is 2.29. The van der Waals surface area contributed by atoms with E-state index in [1.54, 1.807) is 6.92 Å². The molecule has 0 radical (unpaired) electrons. The van der Waals surface area contributed by atoms with E-state index < -0.39 is 17.8 Å². The summed E-state index contributed by atoms with van der Waals surface area (Å²) in [6, 6.07) is 8.45. The van der Waals surface area contributed by atoms with Crippen molar-refractivity contribution in [2.24, 2.45) is 0 Å². The summed E-state index contributed by atoms with van der Waals surface area (Å²) in [6.45, 7) is 1.57. The minimum atomic E-state index is -1.10. The van der Waals surface area contributed by atoms with Crippen LogP contribution in [0.3, 0.4) is 0 Å². The topological polar surface area (TPSA) is 49.3 Å². The van der Waals surface area contributed by atoms with Crippen molar-refractivity contribution in [2.75, 3.05) is 5.32 Å². The van der Waals surface area contributed by atoms with Gasteiger partial charge in [0.1, 0.15) is 11.6 Å². The maximum atomic E-state index is 13.2. The Bertz CT molecular complexity index is 626. The summed E-state index contributed by atoms with van der Waals surface area (Å²) in [4.78, 5) is 11.3. The number of aryl methyl sites for hydroxylation is 1. The number of carboxylic acid groups (broad SMARTS) is 1. The van der Waals surface area contributed by atoms with Crippen LogP contribution in [0.2, 0.25) is 0 Å². The van der Waals surface area contributed by atoms with E-state index in [4.69, 9.17) is 0 Å². The molecule has 0 amide bonds. The number of aliphatic carboxylic acids is 1. The summed E-state index contributed by atoms with van der Waals surface area (Å²) in [5.74, 6) is -1.89. The van der Waals surface area contributed by atoms with Gasteiger partial charge in [-0.2, -0.15) is 0 Å². The van der Waals surface area contributed by atoms with Gasteiger partial charge in [0.15, 0.2) is 6.04 Å². The van der Waals surface area contributed by atoms with Gasteiger partial charge in [-0.05, 0) is 48.4 Å². The second-order valence-electron chi connectivity index (χ2n) is 4.43. The predicted molar refractivity (Wildman–Crippen MR) is 71.5 cm³/mol. The number of hydrogen-bond donors (Lipinski definition) is 2. The highest BCUT2D eigenvalue weighted by Gasteiger charge is 2.20. The minimum absolute atomic E-state index is 0.370. The lowest BCUT2D eigenvalue weighted by Crippen LogP contribution is -2.20. The molecular weight excluding hydrogens is 264 g/mol. The zero-order chi connectivity index (χ0) is 14.7. The highest BCUT2D eigenvalue weighted by molar-refractivity contribution is 5.79. The van der Waals surface area contributed by atoms with Gasteiger partial charge in [-0.3, -0.25) is 0 Å². The molecule has 0 aliphatic carbocycles. The second-order valence-corrected chi connectivity index (χ2v) is 4.43. The van der Waals surface area contributed by atoms with Gasteiger partial charge in [0.25, 0.3) is 0 Å². The standard InChI is InChI=1S/C15H13F2NO2/c1-9-8-10(2-7-13(9)17)14(15(19)20)18-12-5-3-11(16)4-6-12/h2-8,14,18H,1H3,(H,19,20). The van der Waals surface area contributed by atoms with Crippen molar-refractivity contribution in [1.82, 2.24) is 0 Å².